The first-order valence-electron chi connectivity index (χ1n) is 11.7. The first-order valence-corrected chi connectivity index (χ1v) is 16.9. The number of carbonyl (C=O) groups excluding carboxylic acids is 2. The molecule has 0 amide bonds. The summed E-state index contributed by atoms with van der Waals surface area (Å²) in [5, 5.41) is -2.44. The molecule has 1 unspecified atom stereocenters. The number of halogens is 5. The third-order valence-electron chi connectivity index (χ3n) is 5.71. The molecule has 0 bridgehead atoms. The van der Waals surface area contributed by atoms with Gasteiger partial charge in [0.15, 0.2) is 0 Å². The second-order valence-electron chi connectivity index (χ2n) is 8.34. The van der Waals surface area contributed by atoms with Gasteiger partial charge >= 0.3 is 16.9 Å². The van der Waals surface area contributed by atoms with Crippen LogP contribution in [0.2, 0.25) is 10.4 Å². The summed E-state index contributed by atoms with van der Waals surface area (Å²) in [6.45, 7) is 2.11. The highest BCUT2D eigenvalue weighted by atomic mass is 36.0. The number of ketones is 1. The maximum atomic E-state index is 11.1. The van der Waals surface area contributed by atoms with Crippen LogP contribution in [-0.2, 0) is 44.6 Å². The van der Waals surface area contributed by atoms with Gasteiger partial charge in [0.25, 0.3) is 5.56 Å². The van der Waals surface area contributed by atoms with Gasteiger partial charge in [-0.15, -0.1) is 0 Å². The Balaban J connectivity index is 0.000000184. The lowest BCUT2D eigenvalue weighted by molar-refractivity contribution is -0.150. The highest BCUT2D eigenvalue weighted by molar-refractivity contribution is 8.24. The van der Waals surface area contributed by atoms with Crippen molar-refractivity contribution in [3.8, 4) is 0 Å². The Labute approximate surface area is 242 Å². The monoisotopic (exact) mass is 648 g/mol. The SMILES string of the molecule is CCOC(=O)C1CCCC1=O.Clc1nc(Cl)c2c(n1)CCC2.O=P(Cl)(Cl)Cl.O=c1[nH]c2c(c(=O)[nH]1)CCC2. The van der Waals surface area contributed by atoms with Crippen LogP contribution in [0.4, 0.5) is 0 Å². The van der Waals surface area contributed by atoms with Gasteiger partial charge in [0, 0.05) is 23.2 Å². The van der Waals surface area contributed by atoms with Crippen molar-refractivity contribution < 1.29 is 18.9 Å². The van der Waals surface area contributed by atoms with E-state index in [2.05, 4.69) is 53.7 Å². The van der Waals surface area contributed by atoms with Crippen LogP contribution in [0.5, 0.6) is 0 Å². The molecule has 2 heterocycles. The van der Waals surface area contributed by atoms with Crippen LogP contribution in [0.25, 0.3) is 0 Å². The molecular weight excluding hydrogens is 625 g/mol. The van der Waals surface area contributed by atoms with Gasteiger partial charge in [0.1, 0.15) is 16.9 Å². The van der Waals surface area contributed by atoms with E-state index in [1.165, 1.54) is 0 Å². The fourth-order valence-corrected chi connectivity index (χ4v) is 4.66. The maximum absolute atomic E-state index is 11.1. The molecule has 38 heavy (non-hydrogen) atoms. The van der Waals surface area contributed by atoms with Crippen LogP contribution >= 0.6 is 62.1 Å². The number of H-pyrrole nitrogens is 2. The number of aromatic nitrogens is 4. The normalized spacial score (nSPS) is 17.1. The number of fused-ring (bicyclic) bond motifs is 2. The predicted molar refractivity (Wildman–Crippen MR) is 148 cm³/mol. The topological polar surface area (TPSA) is 152 Å². The molecule has 0 aromatic carbocycles. The molecule has 2 aromatic heterocycles. The summed E-state index contributed by atoms with van der Waals surface area (Å²) in [6.07, 6.45) is 7.74. The van der Waals surface area contributed by atoms with E-state index in [-0.39, 0.29) is 22.6 Å². The van der Waals surface area contributed by atoms with Crippen LogP contribution in [0, 0.1) is 5.92 Å². The summed E-state index contributed by atoms with van der Waals surface area (Å²) in [4.78, 5) is 56.6. The van der Waals surface area contributed by atoms with Crippen LogP contribution in [0.1, 0.15) is 61.5 Å². The average Bonchev–Trinajstić information content (AvgIpc) is 3.54. The van der Waals surface area contributed by atoms with Crippen molar-refractivity contribution in [2.24, 2.45) is 5.92 Å². The molecule has 1 saturated carbocycles. The molecule has 10 nitrogen and oxygen atoms in total. The number of hydrogen-bond acceptors (Lipinski definition) is 8. The minimum Gasteiger partial charge on any atom is -0.465 e. The Bertz CT molecular complexity index is 1300. The van der Waals surface area contributed by atoms with E-state index in [1.54, 1.807) is 6.92 Å². The Morgan fingerprint density at radius 1 is 0.947 bits per heavy atom. The number of nitrogens with one attached hydrogen (secondary N) is 2. The molecule has 0 radical (unpaired) electrons. The van der Waals surface area contributed by atoms with Gasteiger partial charge < -0.3 is 9.72 Å². The zero-order valence-electron chi connectivity index (χ0n) is 20.3. The van der Waals surface area contributed by atoms with E-state index in [4.69, 9.17) is 27.9 Å². The molecule has 3 aliphatic carbocycles. The summed E-state index contributed by atoms with van der Waals surface area (Å²) in [5.41, 5.74) is 3.06. The molecule has 210 valence electrons. The largest absolute Gasteiger partial charge is 0.465 e. The number of aryl methyl sites for hydroxylation is 2. The van der Waals surface area contributed by atoms with Crippen LogP contribution in [-0.4, -0.2) is 38.3 Å². The van der Waals surface area contributed by atoms with Crippen molar-refractivity contribution in [3.05, 3.63) is 53.8 Å². The molecule has 2 N–H and O–H groups in total. The van der Waals surface area contributed by atoms with Crippen molar-refractivity contribution in [2.45, 2.75) is 64.7 Å². The van der Waals surface area contributed by atoms with Crippen molar-refractivity contribution in [1.29, 1.82) is 0 Å². The number of hydrogen-bond donors (Lipinski definition) is 2. The van der Waals surface area contributed by atoms with Gasteiger partial charge in [-0.05, 0) is 104 Å². The fourth-order valence-electron chi connectivity index (χ4n) is 4.15. The van der Waals surface area contributed by atoms with Gasteiger partial charge in [0.05, 0.1) is 12.3 Å². The number of ether oxygens (including phenoxy) is 1. The summed E-state index contributed by atoms with van der Waals surface area (Å²) in [7, 11) is 0. The number of rotatable bonds is 2. The summed E-state index contributed by atoms with van der Waals surface area (Å²) < 4.78 is 14.2. The third-order valence-corrected chi connectivity index (χ3v) is 6.20. The Kier molecular flexibility index (Phi) is 13.3. The molecule has 0 spiro atoms. The van der Waals surface area contributed by atoms with E-state index in [0.29, 0.717) is 24.6 Å². The molecular formula is C22H26Cl5N4O6P. The smallest absolute Gasteiger partial charge is 0.339 e. The van der Waals surface area contributed by atoms with Crippen LogP contribution < -0.4 is 11.2 Å². The average molecular weight is 651 g/mol. The number of aromatic amines is 2. The number of esters is 1. The predicted octanol–water partition coefficient (Wildman–Crippen LogP) is 5.55. The second kappa shape index (κ2) is 15.4. The molecule has 0 saturated heterocycles. The van der Waals surface area contributed by atoms with Gasteiger partial charge in [-0.3, -0.25) is 23.9 Å². The lowest BCUT2D eigenvalue weighted by Crippen LogP contribution is -2.25. The van der Waals surface area contributed by atoms with Crippen LogP contribution in [0.15, 0.2) is 9.59 Å². The maximum Gasteiger partial charge on any atom is 0.339 e. The molecule has 0 aliphatic heterocycles. The minimum absolute atomic E-state index is 0.0449. The Morgan fingerprint density at radius 2 is 1.58 bits per heavy atom. The van der Waals surface area contributed by atoms with Gasteiger partial charge in [-0.25, -0.2) is 14.8 Å². The van der Waals surface area contributed by atoms with E-state index < -0.39 is 16.8 Å². The van der Waals surface area contributed by atoms with E-state index in [1.807, 2.05) is 0 Å². The molecule has 5 rings (SSSR count). The highest BCUT2D eigenvalue weighted by Crippen LogP contribution is 2.61. The quantitative estimate of drug-likeness (QED) is 0.141. The summed E-state index contributed by atoms with van der Waals surface area (Å²) in [5.74, 6) is -0.742. The highest BCUT2D eigenvalue weighted by Gasteiger charge is 2.31. The van der Waals surface area contributed by atoms with E-state index >= 15 is 0 Å². The van der Waals surface area contributed by atoms with E-state index in [0.717, 1.165) is 67.5 Å². The molecule has 1 fully saturated rings. The molecule has 2 aromatic rings. The summed E-state index contributed by atoms with van der Waals surface area (Å²) in [6, 6.07) is 0. The van der Waals surface area contributed by atoms with Crippen molar-refractivity contribution in [1.82, 2.24) is 19.9 Å². The lowest BCUT2D eigenvalue weighted by Gasteiger charge is -2.05. The number of nitrogens with zero attached hydrogens (tertiary/aromatic N) is 2. The Morgan fingerprint density at radius 3 is 2.18 bits per heavy atom. The number of carbonyl (C=O) groups is 2. The lowest BCUT2D eigenvalue weighted by atomic mass is 10.1. The van der Waals surface area contributed by atoms with Gasteiger partial charge in [0.2, 0.25) is 5.28 Å². The zero-order valence-corrected chi connectivity index (χ0v) is 25.0. The van der Waals surface area contributed by atoms with Gasteiger partial charge in [-0.1, -0.05) is 11.6 Å². The number of Topliss-reactive ketones (excluding diaryl/α,β-unsaturated/α-hetero) is 1. The van der Waals surface area contributed by atoms with E-state index in [9.17, 15) is 23.7 Å². The second-order valence-corrected chi connectivity index (χ2v) is 15.7. The first kappa shape index (κ1) is 32.8. The van der Waals surface area contributed by atoms with Crippen molar-refractivity contribution >= 4 is 73.9 Å². The van der Waals surface area contributed by atoms with Gasteiger partial charge in [-0.2, -0.15) is 0 Å². The third kappa shape index (κ3) is 11.0. The molecule has 16 heteroatoms. The Hall–Kier alpha value is -1.42. The fraction of sp³-hybridized carbons (Fsp3) is 0.545. The van der Waals surface area contributed by atoms with Crippen molar-refractivity contribution in [3.63, 3.8) is 0 Å². The standard InChI is InChI=1S/C8H12O3.C7H6Cl2N2.C7H8N2O2.Cl3OP/c1-2-11-8(10)6-4-3-5-7(6)9;8-6-4-2-1-3-5(4)10-7(9)11-6;10-6-4-2-1-3-5(4)8-7(11)9-6;1-5(2,3)4/h6H,2-5H2,1H3;1-3H2;1-3H2,(H2,8,9,10,11);. The summed E-state index contributed by atoms with van der Waals surface area (Å²) >= 11 is 25.3. The van der Waals surface area contributed by atoms with Crippen LogP contribution in [0.3, 0.4) is 0 Å². The minimum atomic E-state index is -3.22. The molecule has 3 aliphatic rings. The molecule has 1 atom stereocenters. The first-order chi connectivity index (χ1) is 17.8. The zero-order chi connectivity index (χ0) is 28.5. The van der Waals surface area contributed by atoms with Crippen molar-refractivity contribution in [2.75, 3.05) is 6.61 Å².